The van der Waals surface area contributed by atoms with Crippen LogP contribution >= 0.6 is 24.0 Å². The fourth-order valence-corrected chi connectivity index (χ4v) is 6.19. The van der Waals surface area contributed by atoms with Crippen molar-refractivity contribution in [1.82, 2.24) is 9.80 Å². The summed E-state index contributed by atoms with van der Waals surface area (Å²) in [6, 6.07) is 5.42. The average molecular weight is 492 g/mol. The Bertz CT molecular complexity index is 1020. The molecule has 3 aliphatic rings. The van der Waals surface area contributed by atoms with E-state index in [1.807, 2.05) is 6.92 Å². The highest BCUT2D eigenvalue weighted by atomic mass is 32.2. The van der Waals surface area contributed by atoms with Crippen molar-refractivity contribution >= 4 is 45.9 Å². The maximum atomic E-state index is 13.1. The summed E-state index contributed by atoms with van der Waals surface area (Å²) in [6.07, 6.45) is 1.31. The Kier molecular flexibility index (Phi) is 6.73. The van der Waals surface area contributed by atoms with E-state index >= 15 is 0 Å². The van der Waals surface area contributed by atoms with Crippen LogP contribution in [0.4, 0.5) is 5.69 Å². The third-order valence-electron chi connectivity index (χ3n) is 6.38. The van der Waals surface area contributed by atoms with E-state index in [1.165, 1.54) is 40.9 Å². The van der Waals surface area contributed by atoms with E-state index in [-0.39, 0.29) is 35.9 Å². The number of hydrogen-bond acceptors (Lipinski definition) is 8. The van der Waals surface area contributed by atoms with Crippen molar-refractivity contribution in [3.05, 3.63) is 50.5 Å². The summed E-state index contributed by atoms with van der Waals surface area (Å²) in [5, 5.41) is 20.9. The van der Waals surface area contributed by atoms with Crippen LogP contribution in [0.15, 0.2) is 34.9 Å². The van der Waals surface area contributed by atoms with E-state index in [1.54, 1.807) is 6.92 Å². The van der Waals surface area contributed by atoms with Gasteiger partial charge in [0.1, 0.15) is 16.6 Å². The molecule has 0 aromatic heterocycles. The highest BCUT2D eigenvalue weighted by Gasteiger charge is 2.60. The molecule has 33 heavy (non-hydrogen) atoms. The van der Waals surface area contributed by atoms with Gasteiger partial charge in [-0.25, -0.2) is 4.79 Å². The summed E-state index contributed by atoms with van der Waals surface area (Å²) in [4.78, 5) is 40.5. The number of amides is 1. The molecule has 0 saturated carbocycles. The zero-order valence-electron chi connectivity index (χ0n) is 18.3. The van der Waals surface area contributed by atoms with Crippen molar-refractivity contribution in [3.63, 3.8) is 0 Å². The van der Waals surface area contributed by atoms with Crippen LogP contribution in [0.3, 0.4) is 0 Å². The molecule has 9 nitrogen and oxygen atoms in total. The number of non-ortho nitro benzene ring substituents is 1. The molecule has 0 radical (unpaired) electrons. The van der Waals surface area contributed by atoms with Crippen molar-refractivity contribution in [1.29, 1.82) is 0 Å². The molecule has 11 heteroatoms. The summed E-state index contributed by atoms with van der Waals surface area (Å²) in [7, 11) is 0. The minimum atomic E-state index is -0.825. The largest absolute Gasteiger partial charge is 0.456 e. The Morgan fingerprint density at radius 2 is 1.97 bits per heavy atom. The SMILES string of the molecule is C[C@@H](O)[C@H]1C(=O)N2C(C(=O)OCc3ccc([N+](=O)[O-])cc3)=C(SC(=S)N3CCCC3)[C@H](C)[C@H]12. The molecule has 4 rings (SSSR count). The molecule has 0 unspecified atom stereocenters. The molecule has 176 valence electrons. The van der Waals surface area contributed by atoms with Gasteiger partial charge in [-0.3, -0.25) is 14.9 Å². The zero-order valence-corrected chi connectivity index (χ0v) is 19.9. The van der Waals surface area contributed by atoms with E-state index in [9.17, 15) is 24.8 Å². The third-order valence-corrected chi connectivity index (χ3v) is 8.11. The molecule has 1 aromatic carbocycles. The summed E-state index contributed by atoms with van der Waals surface area (Å²) in [6.45, 7) is 5.17. The summed E-state index contributed by atoms with van der Waals surface area (Å²) < 4.78 is 6.17. The van der Waals surface area contributed by atoms with Gasteiger partial charge in [0.15, 0.2) is 0 Å². The minimum Gasteiger partial charge on any atom is -0.456 e. The number of aliphatic hydroxyl groups excluding tert-OH is 1. The maximum absolute atomic E-state index is 13.1. The molecule has 2 fully saturated rings. The van der Waals surface area contributed by atoms with Crippen LogP contribution in [0.25, 0.3) is 0 Å². The molecule has 0 aliphatic carbocycles. The second-order valence-electron chi connectivity index (χ2n) is 8.53. The van der Waals surface area contributed by atoms with Crippen molar-refractivity contribution in [3.8, 4) is 0 Å². The number of fused-ring (bicyclic) bond motifs is 1. The first-order valence-corrected chi connectivity index (χ1v) is 12.1. The fraction of sp³-hybridized carbons (Fsp3) is 0.500. The lowest BCUT2D eigenvalue weighted by Gasteiger charge is -2.46. The van der Waals surface area contributed by atoms with Gasteiger partial charge in [0.25, 0.3) is 5.69 Å². The van der Waals surface area contributed by atoms with E-state index in [0.29, 0.717) is 14.8 Å². The predicted molar refractivity (Wildman–Crippen MR) is 126 cm³/mol. The standard InChI is InChI=1S/C22H25N3O6S2/c1-12-17-16(13(2)26)20(27)24(17)18(19(12)33-22(32)23-9-3-4-10-23)21(28)31-11-14-5-7-15(8-6-14)25(29)30/h5-8,12-13,16-17,26H,3-4,9-11H2,1-2H3/t12-,13-,16-,17-/m1/s1. The topological polar surface area (TPSA) is 113 Å². The van der Waals surface area contributed by atoms with Gasteiger partial charge in [0.2, 0.25) is 5.91 Å². The summed E-state index contributed by atoms with van der Waals surface area (Å²) in [5.74, 6) is -1.69. The molecule has 3 aliphatic heterocycles. The lowest BCUT2D eigenvalue weighted by atomic mass is 9.79. The zero-order chi connectivity index (χ0) is 23.9. The lowest BCUT2D eigenvalue weighted by Crippen LogP contribution is -2.63. The molecular weight excluding hydrogens is 466 g/mol. The number of carbonyl (C=O) groups is 2. The van der Waals surface area contributed by atoms with Crippen LogP contribution < -0.4 is 0 Å². The monoisotopic (exact) mass is 491 g/mol. The summed E-state index contributed by atoms with van der Waals surface area (Å²) >= 11 is 6.94. The first kappa shape index (κ1) is 23.7. The smallest absolute Gasteiger partial charge is 0.356 e. The molecule has 1 N–H and O–H groups in total. The highest BCUT2D eigenvalue weighted by molar-refractivity contribution is 8.25. The van der Waals surface area contributed by atoms with Gasteiger partial charge in [0, 0.05) is 36.0 Å². The van der Waals surface area contributed by atoms with Gasteiger partial charge in [-0.2, -0.15) is 0 Å². The number of ether oxygens (including phenoxy) is 1. The second kappa shape index (κ2) is 9.40. The van der Waals surface area contributed by atoms with Crippen molar-refractivity contribution in [2.45, 2.75) is 45.4 Å². The number of nitro benzene ring substituents is 1. The maximum Gasteiger partial charge on any atom is 0.356 e. The Hall–Kier alpha value is -2.50. The Balaban J connectivity index is 1.55. The number of likely N-dealkylation sites (tertiary alicyclic amines) is 1. The molecule has 3 heterocycles. The molecule has 1 aromatic rings. The van der Waals surface area contributed by atoms with Gasteiger partial charge in [-0.05, 0) is 37.5 Å². The lowest BCUT2D eigenvalue weighted by molar-refractivity contribution is -0.384. The first-order valence-electron chi connectivity index (χ1n) is 10.8. The number of β-lactam (4-membered cyclic amide) rings is 1. The number of esters is 1. The van der Waals surface area contributed by atoms with Crippen LogP contribution in [0.5, 0.6) is 0 Å². The highest BCUT2D eigenvalue weighted by Crippen LogP contribution is 2.51. The Morgan fingerprint density at radius 3 is 2.55 bits per heavy atom. The van der Waals surface area contributed by atoms with Crippen LogP contribution in [-0.4, -0.2) is 61.3 Å². The van der Waals surface area contributed by atoms with E-state index in [4.69, 9.17) is 17.0 Å². The number of thioether (sulfide) groups is 1. The van der Waals surface area contributed by atoms with Crippen LogP contribution in [0.2, 0.25) is 0 Å². The number of benzene rings is 1. The number of rotatable bonds is 6. The second-order valence-corrected chi connectivity index (χ2v) is 10.2. The average Bonchev–Trinajstić information content (AvgIpc) is 3.39. The van der Waals surface area contributed by atoms with Crippen LogP contribution in [0, 0.1) is 22.0 Å². The predicted octanol–water partition coefficient (Wildman–Crippen LogP) is 2.82. The Labute approximate surface area is 200 Å². The fourth-order valence-electron chi connectivity index (χ4n) is 4.64. The van der Waals surface area contributed by atoms with Crippen molar-refractivity contribution in [2.24, 2.45) is 11.8 Å². The number of thiocarbonyl (C=S) groups is 1. The summed E-state index contributed by atoms with van der Waals surface area (Å²) in [5.41, 5.74) is 0.725. The Morgan fingerprint density at radius 1 is 1.33 bits per heavy atom. The molecule has 2 saturated heterocycles. The number of nitrogens with zero attached hydrogens (tertiary/aromatic N) is 3. The van der Waals surface area contributed by atoms with Gasteiger partial charge in [0.05, 0.1) is 23.0 Å². The van der Waals surface area contributed by atoms with Crippen molar-refractivity contribution in [2.75, 3.05) is 13.1 Å². The van der Waals surface area contributed by atoms with Gasteiger partial charge < -0.3 is 19.6 Å². The van der Waals surface area contributed by atoms with E-state index in [2.05, 4.69) is 4.90 Å². The molecule has 0 spiro atoms. The number of carbonyl (C=O) groups excluding carboxylic acids is 2. The normalized spacial score (nSPS) is 25.1. The quantitative estimate of drug-likeness (QED) is 0.211. The van der Waals surface area contributed by atoms with Gasteiger partial charge >= 0.3 is 5.97 Å². The molecule has 0 bridgehead atoms. The first-order chi connectivity index (χ1) is 15.7. The number of hydrogen-bond donors (Lipinski definition) is 1. The van der Waals surface area contributed by atoms with Crippen molar-refractivity contribution < 1.29 is 24.4 Å². The molecule has 4 atom stereocenters. The molecular formula is C22H25N3O6S2. The molecule has 1 amide bonds. The minimum absolute atomic E-state index is 0.0512. The van der Waals surface area contributed by atoms with Gasteiger partial charge in [-0.15, -0.1) is 0 Å². The van der Waals surface area contributed by atoms with Crippen LogP contribution in [0.1, 0.15) is 32.3 Å². The third kappa shape index (κ3) is 4.36. The van der Waals surface area contributed by atoms with E-state index in [0.717, 1.165) is 25.9 Å². The van der Waals surface area contributed by atoms with Gasteiger partial charge in [-0.1, -0.05) is 30.9 Å². The van der Waals surface area contributed by atoms with Crippen LogP contribution in [-0.2, 0) is 20.9 Å². The number of nitro groups is 1. The van der Waals surface area contributed by atoms with E-state index < -0.39 is 22.9 Å². The number of aliphatic hydroxyl groups is 1.